The molecule has 0 saturated heterocycles. The van der Waals surface area contributed by atoms with E-state index in [0.29, 0.717) is 5.92 Å². The zero-order valence-corrected chi connectivity index (χ0v) is 7.10. The van der Waals surface area contributed by atoms with E-state index in [4.69, 9.17) is 10.5 Å². The summed E-state index contributed by atoms with van der Waals surface area (Å²) in [6, 6.07) is 10.0. The molecule has 0 bridgehead atoms. The van der Waals surface area contributed by atoms with Gasteiger partial charge < -0.3 is 10.5 Å². The zero-order valence-electron chi connectivity index (χ0n) is 7.10. The molecule has 0 amide bonds. The van der Waals surface area contributed by atoms with Crippen LogP contribution >= 0.6 is 0 Å². The molecule has 12 heavy (non-hydrogen) atoms. The summed E-state index contributed by atoms with van der Waals surface area (Å²) in [4.78, 5) is 0. The van der Waals surface area contributed by atoms with E-state index in [0.717, 1.165) is 5.75 Å². The van der Waals surface area contributed by atoms with E-state index in [1.807, 2.05) is 30.3 Å². The molecular weight excluding hydrogens is 150 g/mol. The Morgan fingerprint density at radius 3 is 2.33 bits per heavy atom. The molecule has 2 nitrogen and oxygen atoms in total. The largest absolute Gasteiger partial charge is 0.488 e. The van der Waals surface area contributed by atoms with E-state index in [1.165, 1.54) is 0 Å². The van der Waals surface area contributed by atoms with Crippen molar-refractivity contribution in [3.05, 3.63) is 30.3 Å². The zero-order chi connectivity index (χ0) is 8.55. The molecule has 1 aromatic rings. The van der Waals surface area contributed by atoms with Crippen LogP contribution in [0, 0.1) is 5.92 Å². The molecule has 0 spiro atoms. The number of benzene rings is 1. The van der Waals surface area contributed by atoms with Crippen molar-refractivity contribution in [2.75, 3.05) is 0 Å². The number of hydrogen-bond donors (Lipinski definition) is 1. The van der Waals surface area contributed by atoms with Crippen LogP contribution in [0.1, 0.15) is 6.92 Å². The molecule has 1 fully saturated rings. The molecule has 1 aromatic carbocycles. The van der Waals surface area contributed by atoms with Gasteiger partial charge in [0.15, 0.2) is 0 Å². The fourth-order valence-electron chi connectivity index (χ4n) is 1.30. The Morgan fingerprint density at radius 2 is 1.83 bits per heavy atom. The molecule has 0 aliphatic heterocycles. The van der Waals surface area contributed by atoms with Gasteiger partial charge in [0.2, 0.25) is 0 Å². The number of nitrogens with two attached hydrogens (primary N) is 1. The van der Waals surface area contributed by atoms with Crippen LogP contribution in [0.5, 0.6) is 5.75 Å². The van der Waals surface area contributed by atoms with Gasteiger partial charge in [-0.2, -0.15) is 0 Å². The standard InChI is InChI=1S/C10H13NO/c1-7-9(11)10(7)12-8-5-3-2-4-6-8/h2-7,9-10H,11H2,1H3/t7-,9-,10-/m1/s1. The van der Waals surface area contributed by atoms with Crippen molar-refractivity contribution in [2.24, 2.45) is 11.7 Å². The molecule has 64 valence electrons. The summed E-state index contributed by atoms with van der Waals surface area (Å²) in [6.45, 7) is 2.11. The second-order valence-electron chi connectivity index (χ2n) is 3.33. The third-order valence-corrected chi connectivity index (χ3v) is 2.38. The minimum atomic E-state index is 0.227. The van der Waals surface area contributed by atoms with Gasteiger partial charge in [-0.05, 0) is 12.1 Å². The monoisotopic (exact) mass is 163 g/mol. The Bertz CT molecular complexity index is 252. The van der Waals surface area contributed by atoms with E-state index in [1.54, 1.807) is 0 Å². The molecular formula is C10H13NO. The molecule has 1 aliphatic carbocycles. The molecule has 0 radical (unpaired) electrons. The maximum Gasteiger partial charge on any atom is 0.119 e. The number of rotatable bonds is 2. The van der Waals surface area contributed by atoms with E-state index in [9.17, 15) is 0 Å². The van der Waals surface area contributed by atoms with Crippen molar-refractivity contribution < 1.29 is 4.74 Å². The van der Waals surface area contributed by atoms with Crippen LogP contribution in [0.4, 0.5) is 0 Å². The third-order valence-electron chi connectivity index (χ3n) is 2.38. The van der Waals surface area contributed by atoms with Crippen LogP contribution < -0.4 is 10.5 Å². The van der Waals surface area contributed by atoms with E-state index in [-0.39, 0.29) is 12.1 Å². The van der Waals surface area contributed by atoms with Gasteiger partial charge in [-0.25, -0.2) is 0 Å². The fraction of sp³-hybridized carbons (Fsp3) is 0.400. The van der Waals surface area contributed by atoms with Crippen molar-refractivity contribution in [2.45, 2.75) is 19.1 Å². The number of para-hydroxylation sites is 1. The quantitative estimate of drug-likeness (QED) is 0.715. The summed E-state index contributed by atoms with van der Waals surface area (Å²) in [5.41, 5.74) is 5.73. The summed E-state index contributed by atoms with van der Waals surface area (Å²) in [6.07, 6.45) is 0.229. The first-order valence-electron chi connectivity index (χ1n) is 4.26. The van der Waals surface area contributed by atoms with Crippen molar-refractivity contribution in [1.82, 2.24) is 0 Å². The summed E-state index contributed by atoms with van der Waals surface area (Å²) < 4.78 is 5.62. The average molecular weight is 163 g/mol. The number of ether oxygens (including phenoxy) is 1. The first-order valence-corrected chi connectivity index (χ1v) is 4.26. The first kappa shape index (κ1) is 7.62. The molecule has 2 N–H and O–H groups in total. The van der Waals surface area contributed by atoms with E-state index in [2.05, 4.69) is 6.92 Å². The van der Waals surface area contributed by atoms with Crippen molar-refractivity contribution in [3.63, 3.8) is 0 Å². The number of hydrogen-bond acceptors (Lipinski definition) is 2. The highest BCUT2D eigenvalue weighted by atomic mass is 16.5. The predicted octanol–water partition coefficient (Wildman–Crippen LogP) is 1.41. The Labute approximate surface area is 72.3 Å². The predicted molar refractivity (Wildman–Crippen MR) is 48.0 cm³/mol. The lowest BCUT2D eigenvalue weighted by molar-refractivity contribution is 0.283. The van der Waals surface area contributed by atoms with Crippen molar-refractivity contribution in [3.8, 4) is 5.75 Å². The summed E-state index contributed by atoms with van der Waals surface area (Å²) in [5.74, 6) is 1.42. The molecule has 0 aromatic heterocycles. The average Bonchev–Trinajstić information content (AvgIpc) is 2.65. The Hall–Kier alpha value is -1.02. The Balaban J connectivity index is 1.97. The maximum absolute atomic E-state index is 5.73. The second kappa shape index (κ2) is 2.79. The van der Waals surface area contributed by atoms with Crippen LogP contribution in [0.15, 0.2) is 30.3 Å². The van der Waals surface area contributed by atoms with Crippen molar-refractivity contribution >= 4 is 0 Å². The molecule has 1 aliphatic rings. The second-order valence-corrected chi connectivity index (χ2v) is 3.33. The van der Waals surface area contributed by atoms with Crippen LogP contribution in [-0.4, -0.2) is 12.1 Å². The van der Waals surface area contributed by atoms with Gasteiger partial charge in [0.05, 0.1) is 0 Å². The van der Waals surface area contributed by atoms with Crippen LogP contribution in [0.2, 0.25) is 0 Å². The lowest BCUT2D eigenvalue weighted by atomic mass is 10.3. The van der Waals surface area contributed by atoms with Gasteiger partial charge >= 0.3 is 0 Å². The minimum Gasteiger partial charge on any atom is -0.488 e. The van der Waals surface area contributed by atoms with Gasteiger partial charge in [0.25, 0.3) is 0 Å². The molecule has 0 heterocycles. The molecule has 1 saturated carbocycles. The highest BCUT2D eigenvalue weighted by Crippen LogP contribution is 2.32. The maximum atomic E-state index is 5.73. The topological polar surface area (TPSA) is 35.2 Å². The summed E-state index contributed by atoms with van der Waals surface area (Å²) in [5, 5.41) is 0. The smallest absolute Gasteiger partial charge is 0.119 e. The van der Waals surface area contributed by atoms with E-state index >= 15 is 0 Å². The van der Waals surface area contributed by atoms with Gasteiger partial charge in [0.1, 0.15) is 11.9 Å². The van der Waals surface area contributed by atoms with Gasteiger partial charge in [-0.15, -0.1) is 0 Å². The van der Waals surface area contributed by atoms with Gasteiger partial charge in [-0.1, -0.05) is 25.1 Å². The highest BCUT2D eigenvalue weighted by molar-refractivity contribution is 5.23. The third kappa shape index (κ3) is 1.30. The summed E-state index contributed by atoms with van der Waals surface area (Å²) in [7, 11) is 0. The highest BCUT2D eigenvalue weighted by Gasteiger charge is 2.46. The van der Waals surface area contributed by atoms with Gasteiger partial charge in [0, 0.05) is 12.0 Å². The normalized spacial score (nSPS) is 33.0. The van der Waals surface area contributed by atoms with Crippen molar-refractivity contribution in [1.29, 1.82) is 0 Å². The lowest BCUT2D eigenvalue weighted by Gasteiger charge is -2.03. The Kier molecular flexibility index (Phi) is 1.77. The Morgan fingerprint density at radius 1 is 1.25 bits per heavy atom. The molecule has 2 heteroatoms. The summed E-state index contributed by atoms with van der Waals surface area (Å²) >= 11 is 0. The van der Waals surface area contributed by atoms with Crippen LogP contribution in [0.3, 0.4) is 0 Å². The lowest BCUT2D eigenvalue weighted by Crippen LogP contribution is -2.10. The molecule has 2 rings (SSSR count). The van der Waals surface area contributed by atoms with Gasteiger partial charge in [-0.3, -0.25) is 0 Å². The minimum absolute atomic E-state index is 0.227. The molecule has 0 unspecified atom stereocenters. The first-order chi connectivity index (χ1) is 5.79. The molecule has 3 atom stereocenters. The van der Waals surface area contributed by atoms with E-state index < -0.39 is 0 Å². The fourth-order valence-corrected chi connectivity index (χ4v) is 1.30. The van der Waals surface area contributed by atoms with Crippen LogP contribution in [-0.2, 0) is 0 Å². The SMILES string of the molecule is C[C@@H]1[C@@H](N)[C@@H]1Oc1ccccc1. The van der Waals surface area contributed by atoms with Crippen LogP contribution in [0.25, 0.3) is 0 Å².